The number of rotatable bonds is 3. The van der Waals surface area contributed by atoms with Gasteiger partial charge in [-0.25, -0.2) is 0 Å². The van der Waals surface area contributed by atoms with Crippen molar-refractivity contribution in [2.24, 2.45) is 11.3 Å². The summed E-state index contributed by atoms with van der Waals surface area (Å²) in [5.41, 5.74) is -0.473. The van der Waals surface area contributed by atoms with Crippen LogP contribution in [-0.2, 0) is 9.59 Å². The summed E-state index contributed by atoms with van der Waals surface area (Å²) in [7, 11) is 0. The molecule has 98 valence electrons. The first-order valence-corrected chi connectivity index (χ1v) is 6.01. The predicted molar refractivity (Wildman–Crippen MR) is 64.2 cm³/mol. The Morgan fingerprint density at radius 3 is 2.53 bits per heavy atom. The lowest BCUT2D eigenvalue weighted by Gasteiger charge is -2.20. The van der Waals surface area contributed by atoms with E-state index in [0.29, 0.717) is 13.1 Å². The van der Waals surface area contributed by atoms with E-state index in [0.717, 1.165) is 6.42 Å². The number of carbonyl (C=O) groups excluding carboxylic acids is 2. The molecule has 2 amide bonds. The summed E-state index contributed by atoms with van der Waals surface area (Å²) < 4.78 is 0. The van der Waals surface area contributed by atoms with Crippen LogP contribution in [0.4, 0.5) is 0 Å². The number of hydrogen-bond acceptors (Lipinski definition) is 3. The highest BCUT2D eigenvalue weighted by Crippen LogP contribution is 2.15. The van der Waals surface area contributed by atoms with Crippen molar-refractivity contribution in [3.63, 3.8) is 0 Å². The Labute approximate surface area is 102 Å². The van der Waals surface area contributed by atoms with E-state index in [1.165, 1.54) is 0 Å². The van der Waals surface area contributed by atoms with Crippen molar-refractivity contribution in [2.45, 2.75) is 27.2 Å². The van der Waals surface area contributed by atoms with Crippen LogP contribution in [0.2, 0.25) is 0 Å². The van der Waals surface area contributed by atoms with E-state index < -0.39 is 5.41 Å². The molecule has 1 unspecified atom stereocenters. The molecular formula is C12H22N2O3. The predicted octanol–water partition coefficient (Wildman–Crippen LogP) is -0.0105. The molecule has 5 nitrogen and oxygen atoms in total. The highest BCUT2D eigenvalue weighted by atomic mass is 16.3. The van der Waals surface area contributed by atoms with E-state index in [9.17, 15) is 9.59 Å². The average molecular weight is 242 g/mol. The lowest BCUT2D eigenvalue weighted by Crippen LogP contribution is -2.42. The summed E-state index contributed by atoms with van der Waals surface area (Å²) in [6.07, 6.45) is 0.843. The first kappa shape index (κ1) is 14.0. The van der Waals surface area contributed by atoms with E-state index in [2.05, 4.69) is 5.32 Å². The Bertz CT molecular complexity index is 297. The van der Waals surface area contributed by atoms with Crippen molar-refractivity contribution in [1.29, 1.82) is 0 Å². The van der Waals surface area contributed by atoms with Gasteiger partial charge in [-0.2, -0.15) is 0 Å². The molecule has 0 saturated carbocycles. The Kier molecular flexibility index (Phi) is 4.51. The van der Waals surface area contributed by atoms with Gasteiger partial charge in [-0.05, 0) is 6.42 Å². The van der Waals surface area contributed by atoms with E-state index in [1.54, 1.807) is 4.90 Å². The second kappa shape index (κ2) is 5.49. The van der Waals surface area contributed by atoms with Gasteiger partial charge in [-0.3, -0.25) is 9.59 Å². The minimum Gasteiger partial charge on any atom is -0.396 e. The van der Waals surface area contributed by atoms with Gasteiger partial charge in [-0.1, -0.05) is 20.8 Å². The fraction of sp³-hybridized carbons (Fsp3) is 0.833. The Morgan fingerprint density at radius 1 is 1.41 bits per heavy atom. The van der Waals surface area contributed by atoms with Gasteiger partial charge in [0.05, 0.1) is 6.54 Å². The lowest BCUT2D eigenvalue weighted by molar-refractivity contribution is -0.134. The highest BCUT2D eigenvalue weighted by Gasteiger charge is 2.27. The molecule has 0 spiro atoms. The fourth-order valence-corrected chi connectivity index (χ4v) is 1.74. The van der Waals surface area contributed by atoms with Gasteiger partial charge < -0.3 is 15.3 Å². The zero-order chi connectivity index (χ0) is 13.1. The maximum atomic E-state index is 11.8. The molecule has 5 heteroatoms. The van der Waals surface area contributed by atoms with Crippen molar-refractivity contribution < 1.29 is 14.7 Å². The minimum absolute atomic E-state index is 0.0499. The van der Waals surface area contributed by atoms with E-state index in [-0.39, 0.29) is 30.9 Å². The van der Waals surface area contributed by atoms with Crippen LogP contribution in [-0.4, -0.2) is 48.1 Å². The SMILES string of the molecule is CC(C)(C)C(=O)NCC(=O)N1CCC(CO)C1. The molecule has 1 aliphatic heterocycles. The number of carbonyl (C=O) groups is 2. The van der Waals surface area contributed by atoms with Crippen molar-refractivity contribution in [3.05, 3.63) is 0 Å². The summed E-state index contributed by atoms with van der Waals surface area (Å²) in [6, 6.07) is 0. The molecule has 0 aliphatic carbocycles. The topological polar surface area (TPSA) is 69.6 Å². The Morgan fingerprint density at radius 2 is 2.06 bits per heavy atom. The molecule has 1 atom stereocenters. The van der Waals surface area contributed by atoms with Crippen molar-refractivity contribution in [2.75, 3.05) is 26.2 Å². The van der Waals surface area contributed by atoms with Crippen LogP contribution >= 0.6 is 0 Å². The molecule has 1 rings (SSSR count). The van der Waals surface area contributed by atoms with E-state index in [4.69, 9.17) is 5.11 Å². The number of amides is 2. The first-order chi connectivity index (χ1) is 7.84. The first-order valence-electron chi connectivity index (χ1n) is 6.01. The molecule has 2 N–H and O–H groups in total. The van der Waals surface area contributed by atoms with Gasteiger partial charge >= 0.3 is 0 Å². The number of aliphatic hydroxyl groups is 1. The highest BCUT2D eigenvalue weighted by molar-refractivity contribution is 5.87. The standard InChI is InChI=1S/C12H22N2O3/c1-12(2,3)11(17)13-6-10(16)14-5-4-9(7-14)8-15/h9,15H,4-8H2,1-3H3,(H,13,17). The molecule has 0 radical (unpaired) electrons. The summed E-state index contributed by atoms with van der Waals surface area (Å²) in [5, 5.41) is 11.6. The Balaban J connectivity index is 2.34. The zero-order valence-electron chi connectivity index (χ0n) is 10.8. The van der Waals surface area contributed by atoms with Crippen LogP contribution in [0, 0.1) is 11.3 Å². The van der Waals surface area contributed by atoms with Crippen LogP contribution < -0.4 is 5.32 Å². The number of hydrogen-bond donors (Lipinski definition) is 2. The van der Waals surface area contributed by atoms with Crippen LogP contribution in [0.1, 0.15) is 27.2 Å². The summed E-state index contributed by atoms with van der Waals surface area (Å²) >= 11 is 0. The van der Waals surface area contributed by atoms with Gasteiger partial charge in [-0.15, -0.1) is 0 Å². The van der Waals surface area contributed by atoms with Crippen molar-refractivity contribution >= 4 is 11.8 Å². The number of likely N-dealkylation sites (tertiary alicyclic amines) is 1. The maximum absolute atomic E-state index is 11.8. The molecule has 0 aromatic heterocycles. The zero-order valence-corrected chi connectivity index (χ0v) is 10.8. The van der Waals surface area contributed by atoms with Crippen LogP contribution in [0.15, 0.2) is 0 Å². The number of nitrogens with one attached hydrogen (secondary N) is 1. The number of nitrogens with zero attached hydrogens (tertiary/aromatic N) is 1. The summed E-state index contributed by atoms with van der Waals surface area (Å²) in [5.74, 6) is -0.000396. The third-order valence-corrected chi connectivity index (χ3v) is 2.98. The quantitative estimate of drug-likeness (QED) is 0.731. The average Bonchev–Trinajstić information content (AvgIpc) is 2.72. The second-order valence-corrected chi connectivity index (χ2v) is 5.61. The lowest BCUT2D eigenvalue weighted by atomic mass is 9.96. The largest absolute Gasteiger partial charge is 0.396 e. The summed E-state index contributed by atoms with van der Waals surface area (Å²) in [4.78, 5) is 25.0. The van der Waals surface area contributed by atoms with Crippen LogP contribution in [0.25, 0.3) is 0 Å². The number of aliphatic hydroxyl groups excluding tert-OH is 1. The molecule has 0 bridgehead atoms. The van der Waals surface area contributed by atoms with Gasteiger partial charge in [0.1, 0.15) is 0 Å². The van der Waals surface area contributed by atoms with Gasteiger partial charge in [0, 0.05) is 31.0 Å². The molecule has 1 aliphatic rings. The maximum Gasteiger partial charge on any atom is 0.241 e. The smallest absolute Gasteiger partial charge is 0.241 e. The third kappa shape index (κ3) is 4.00. The third-order valence-electron chi connectivity index (χ3n) is 2.98. The van der Waals surface area contributed by atoms with Crippen molar-refractivity contribution in [3.8, 4) is 0 Å². The fourth-order valence-electron chi connectivity index (χ4n) is 1.74. The van der Waals surface area contributed by atoms with Gasteiger partial charge in [0.15, 0.2) is 0 Å². The second-order valence-electron chi connectivity index (χ2n) is 5.61. The molecule has 0 aromatic carbocycles. The molecule has 17 heavy (non-hydrogen) atoms. The summed E-state index contributed by atoms with van der Waals surface area (Å²) in [6.45, 7) is 6.88. The van der Waals surface area contributed by atoms with Crippen LogP contribution in [0.5, 0.6) is 0 Å². The molecule has 0 aromatic rings. The van der Waals surface area contributed by atoms with E-state index >= 15 is 0 Å². The van der Waals surface area contributed by atoms with E-state index in [1.807, 2.05) is 20.8 Å². The monoisotopic (exact) mass is 242 g/mol. The molecule has 1 saturated heterocycles. The van der Waals surface area contributed by atoms with Gasteiger partial charge in [0.25, 0.3) is 0 Å². The Hall–Kier alpha value is -1.10. The van der Waals surface area contributed by atoms with Crippen molar-refractivity contribution in [1.82, 2.24) is 10.2 Å². The van der Waals surface area contributed by atoms with Crippen LogP contribution in [0.3, 0.4) is 0 Å². The molecule has 1 fully saturated rings. The van der Waals surface area contributed by atoms with Gasteiger partial charge in [0.2, 0.25) is 11.8 Å². The minimum atomic E-state index is -0.473. The molecule has 1 heterocycles. The molecular weight excluding hydrogens is 220 g/mol. The normalized spacial score (nSPS) is 20.5.